The summed E-state index contributed by atoms with van der Waals surface area (Å²) in [6.07, 6.45) is 3.99. The summed E-state index contributed by atoms with van der Waals surface area (Å²) in [4.78, 5) is 0. The molecule has 1 aromatic heterocycles. The summed E-state index contributed by atoms with van der Waals surface area (Å²) in [5, 5.41) is 8.52. The second-order valence-electron chi connectivity index (χ2n) is 5.89. The summed E-state index contributed by atoms with van der Waals surface area (Å²) in [6.45, 7) is 5.01. The quantitative estimate of drug-likeness (QED) is 0.717. The molecular weight excluding hydrogens is 270 g/mol. The van der Waals surface area contributed by atoms with E-state index < -0.39 is 0 Å². The molecule has 0 saturated heterocycles. The van der Waals surface area contributed by atoms with Crippen molar-refractivity contribution >= 4 is 0 Å². The number of aromatic nitrogens is 3. The van der Waals surface area contributed by atoms with E-state index in [-0.39, 0.29) is 0 Å². The lowest BCUT2D eigenvalue weighted by Gasteiger charge is -2.02. The van der Waals surface area contributed by atoms with Gasteiger partial charge in [-0.3, -0.25) is 0 Å². The van der Waals surface area contributed by atoms with E-state index in [0.717, 1.165) is 25.1 Å². The van der Waals surface area contributed by atoms with Gasteiger partial charge in [-0.05, 0) is 37.8 Å². The van der Waals surface area contributed by atoms with E-state index in [0.29, 0.717) is 0 Å². The summed E-state index contributed by atoms with van der Waals surface area (Å²) in [6, 6.07) is 17.1. The Morgan fingerprint density at radius 2 is 1.55 bits per heavy atom. The van der Waals surface area contributed by atoms with E-state index in [1.807, 2.05) is 4.68 Å². The maximum Gasteiger partial charge on any atom is 0.0830 e. The third kappa shape index (κ3) is 3.82. The molecule has 0 saturated carbocycles. The Morgan fingerprint density at radius 1 is 0.864 bits per heavy atom. The Kier molecular flexibility index (Phi) is 4.33. The molecule has 3 heteroatoms. The Hall–Kier alpha value is -2.42. The third-order valence-electron chi connectivity index (χ3n) is 3.77. The van der Waals surface area contributed by atoms with Crippen molar-refractivity contribution in [3.05, 3.63) is 82.7 Å². The second-order valence-corrected chi connectivity index (χ2v) is 5.89. The van der Waals surface area contributed by atoms with Crippen LogP contribution in [-0.2, 0) is 19.4 Å². The maximum atomic E-state index is 4.29. The molecule has 3 aromatic rings. The first-order valence-corrected chi connectivity index (χ1v) is 7.69. The molecule has 3 nitrogen and oxygen atoms in total. The highest BCUT2D eigenvalue weighted by Crippen LogP contribution is 2.09. The van der Waals surface area contributed by atoms with Crippen LogP contribution in [0.4, 0.5) is 0 Å². The highest BCUT2D eigenvalue weighted by atomic mass is 15.4. The number of hydrogen-bond acceptors (Lipinski definition) is 2. The summed E-state index contributed by atoms with van der Waals surface area (Å²) in [5.74, 6) is 0. The molecule has 0 aliphatic rings. The molecule has 0 atom stereocenters. The summed E-state index contributed by atoms with van der Waals surface area (Å²) < 4.78 is 1.92. The standard InChI is InChI=1S/C19H21N3/c1-15-5-3-7-17(11-15)9-10-19-14-22(21-20-19)13-18-8-4-6-16(2)12-18/h3-8,11-12,14H,9-10,13H2,1-2H3. The van der Waals surface area contributed by atoms with E-state index >= 15 is 0 Å². The minimum Gasteiger partial charge on any atom is -0.248 e. The molecule has 0 unspecified atom stereocenters. The van der Waals surface area contributed by atoms with Crippen LogP contribution in [0.2, 0.25) is 0 Å². The van der Waals surface area contributed by atoms with Crippen LogP contribution in [0.5, 0.6) is 0 Å². The molecule has 0 radical (unpaired) electrons. The Bertz CT molecular complexity index is 759. The molecular formula is C19H21N3. The molecule has 112 valence electrons. The van der Waals surface area contributed by atoms with Crippen molar-refractivity contribution in [2.24, 2.45) is 0 Å². The Balaban J connectivity index is 1.61. The molecule has 22 heavy (non-hydrogen) atoms. The van der Waals surface area contributed by atoms with Gasteiger partial charge in [-0.15, -0.1) is 5.10 Å². The van der Waals surface area contributed by atoms with Crippen LogP contribution in [-0.4, -0.2) is 15.0 Å². The molecule has 0 N–H and O–H groups in total. The van der Waals surface area contributed by atoms with Gasteiger partial charge in [-0.25, -0.2) is 4.68 Å². The summed E-state index contributed by atoms with van der Waals surface area (Å²) in [7, 11) is 0. The normalized spacial score (nSPS) is 10.8. The van der Waals surface area contributed by atoms with Crippen LogP contribution in [0.15, 0.2) is 54.7 Å². The van der Waals surface area contributed by atoms with Gasteiger partial charge in [0, 0.05) is 6.20 Å². The van der Waals surface area contributed by atoms with Crippen LogP contribution in [0.1, 0.15) is 27.9 Å². The largest absolute Gasteiger partial charge is 0.248 e. The van der Waals surface area contributed by atoms with Gasteiger partial charge in [0.2, 0.25) is 0 Å². The molecule has 0 aliphatic carbocycles. The average Bonchev–Trinajstić information content (AvgIpc) is 2.93. The lowest BCUT2D eigenvalue weighted by Crippen LogP contribution is -2.00. The summed E-state index contributed by atoms with van der Waals surface area (Å²) >= 11 is 0. The molecule has 3 rings (SSSR count). The van der Waals surface area contributed by atoms with Crippen LogP contribution in [0.3, 0.4) is 0 Å². The zero-order valence-electron chi connectivity index (χ0n) is 13.2. The minimum atomic E-state index is 0.777. The predicted molar refractivity (Wildman–Crippen MR) is 88.9 cm³/mol. The number of aryl methyl sites for hydroxylation is 4. The highest BCUT2D eigenvalue weighted by molar-refractivity contribution is 5.23. The van der Waals surface area contributed by atoms with E-state index in [1.165, 1.54) is 22.3 Å². The Morgan fingerprint density at radius 3 is 2.27 bits per heavy atom. The van der Waals surface area contributed by atoms with Gasteiger partial charge >= 0.3 is 0 Å². The minimum absolute atomic E-state index is 0.777. The van der Waals surface area contributed by atoms with E-state index in [4.69, 9.17) is 0 Å². The number of rotatable bonds is 5. The van der Waals surface area contributed by atoms with Gasteiger partial charge in [-0.2, -0.15) is 0 Å². The zero-order chi connectivity index (χ0) is 15.4. The number of benzene rings is 2. The maximum absolute atomic E-state index is 4.29. The van der Waals surface area contributed by atoms with Gasteiger partial charge < -0.3 is 0 Å². The predicted octanol–water partition coefficient (Wildman–Crippen LogP) is 3.73. The van der Waals surface area contributed by atoms with Gasteiger partial charge in [-0.1, -0.05) is 64.9 Å². The van der Waals surface area contributed by atoms with Crippen molar-refractivity contribution in [1.82, 2.24) is 15.0 Å². The molecule has 0 bridgehead atoms. The van der Waals surface area contributed by atoms with Gasteiger partial charge in [0.1, 0.15) is 0 Å². The lowest BCUT2D eigenvalue weighted by molar-refractivity contribution is 0.649. The second kappa shape index (κ2) is 6.56. The van der Waals surface area contributed by atoms with Gasteiger partial charge in [0.05, 0.1) is 12.2 Å². The fourth-order valence-electron chi connectivity index (χ4n) is 2.67. The van der Waals surface area contributed by atoms with Crippen molar-refractivity contribution < 1.29 is 0 Å². The summed E-state index contributed by atoms with van der Waals surface area (Å²) in [5.41, 5.74) is 6.25. The van der Waals surface area contributed by atoms with Crippen molar-refractivity contribution in [3.63, 3.8) is 0 Å². The van der Waals surface area contributed by atoms with Crippen molar-refractivity contribution in [1.29, 1.82) is 0 Å². The zero-order valence-corrected chi connectivity index (χ0v) is 13.2. The molecule has 0 amide bonds. The van der Waals surface area contributed by atoms with Crippen LogP contribution in [0, 0.1) is 13.8 Å². The fraction of sp³-hybridized carbons (Fsp3) is 0.263. The first kappa shape index (κ1) is 14.5. The SMILES string of the molecule is Cc1cccc(CCc2cn(Cc3cccc(C)c3)nn2)c1. The molecule has 0 spiro atoms. The smallest absolute Gasteiger partial charge is 0.0830 e. The van der Waals surface area contributed by atoms with E-state index in [2.05, 4.69) is 78.9 Å². The van der Waals surface area contributed by atoms with Gasteiger partial charge in [0.15, 0.2) is 0 Å². The van der Waals surface area contributed by atoms with Crippen molar-refractivity contribution in [3.8, 4) is 0 Å². The fourth-order valence-corrected chi connectivity index (χ4v) is 2.67. The molecule has 2 aromatic carbocycles. The van der Waals surface area contributed by atoms with Crippen LogP contribution < -0.4 is 0 Å². The topological polar surface area (TPSA) is 30.7 Å². The molecule has 0 aliphatic heterocycles. The Labute approximate surface area is 131 Å². The van der Waals surface area contributed by atoms with Crippen molar-refractivity contribution in [2.45, 2.75) is 33.2 Å². The number of nitrogens with zero attached hydrogens (tertiary/aromatic N) is 3. The monoisotopic (exact) mass is 291 g/mol. The third-order valence-corrected chi connectivity index (χ3v) is 3.77. The number of hydrogen-bond donors (Lipinski definition) is 0. The van der Waals surface area contributed by atoms with Gasteiger partial charge in [0.25, 0.3) is 0 Å². The van der Waals surface area contributed by atoms with Crippen LogP contribution in [0.25, 0.3) is 0 Å². The molecule has 1 heterocycles. The first-order valence-electron chi connectivity index (χ1n) is 7.69. The lowest BCUT2D eigenvalue weighted by atomic mass is 10.1. The average molecular weight is 291 g/mol. The highest BCUT2D eigenvalue weighted by Gasteiger charge is 2.03. The first-order chi connectivity index (χ1) is 10.7. The van der Waals surface area contributed by atoms with Crippen LogP contribution >= 0.6 is 0 Å². The molecule has 0 fully saturated rings. The van der Waals surface area contributed by atoms with Crippen molar-refractivity contribution in [2.75, 3.05) is 0 Å². The van der Waals surface area contributed by atoms with E-state index in [1.54, 1.807) is 0 Å². The van der Waals surface area contributed by atoms with E-state index in [9.17, 15) is 0 Å².